The molecule has 172 valence electrons. The normalized spacial score (nSPS) is 16.1. The maximum absolute atomic E-state index is 14.8. The molecule has 0 aliphatic heterocycles. The first-order valence-electron chi connectivity index (χ1n) is 12.5. The van der Waals surface area contributed by atoms with Gasteiger partial charge in [0, 0.05) is 5.56 Å². The van der Waals surface area contributed by atoms with Crippen LogP contribution in [0.1, 0.15) is 99.3 Å². The number of hydrogen-bond acceptors (Lipinski definition) is 0. The van der Waals surface area contributed by atoms with Crippen LogP contribution in [0.25, 0.3) is 5.57 Å². The number of aryl methyl sites for hydroxylation is 2. The maximum atomic E-state index is 14.8. The van der Waals surface area contributed by atoms with E-state index in [0.29, 0.717) is 23.5 Å². The third-order valence-corrected chi connectivity index (χ3v) is 6.79. The summed E-state index contributed by atoms with van der Waals surface area (Å²) in [5.74, 6) is -0.853. The molecule has 32 heavy (non-hydrogen) atoms. The van der Waals surface area contributed by atoms with Crippen molar-refractivity contribution in [3.05, 3.63) is 89.0 Å². The highest BCUT2D eigenvalue weighted by molar-refractivity contribution is 5.67. The molecule has 1 aliphatic rings. The van der Waals surface area contributed by atoms with E-state index in [2.05, 4.69) is 43.8 Å². The second kappa shape index (κ2) is 12.7. The Kier molecular flexibility index (Phi) is 9.71. The molecule has 0 fully saturated rings. The minimum atomic E-state index is -0.663. The van der Waals surface area contributed by atoms with Gasteiger partial charge < -0.3 is 0 Å². The number of allylic oxidation sites excluding steroid dienone is 3. The summed E-state index contributed by atoms with van der Waals surface area (Å²) in [6.45, 7) is 5.93. The van der Waals surface area contributed by atoms with Gasteiger partial charge in [-0.1, -0.05) is 74.7 Å². The number of rotatable bonds is 12. The van der Waals surface area contributed by atoms with E-state index in [1.54, 1.807) is 12.1 Å². The molecule has 0 N–H and O–H groups in total. The predicted octanol–water partition coefficient (Wildman–Crippen LogP) is 9.34. The van der Waals surface area contributed by atoms with Gasteiger partial charge in [0.05, 0.1) is 0 Å². The molecule has 0 amide bonds. The Morgan fingerprint density at radius 3 is 2.38 bits per heavy atom. The molecular formula is C30H38F2. The largest absolute Gasteiger partial charge is 0.203 e. The van der Waals surface area contributed by atoms with E-state index in [9.17, 15) is 8.78 Å². The Labute approximate surface area is 193 Å². The Balaban J connectivity index is 1.59. The third-order valence-electron chi connectivity index (χ3n) is 6.79. The van der Waals surface area contributed by atoms with Crippen molar-refractivity contribution in [1.82, 2.24) is 0 Å². The van der Waals surface area contributed by atoms with Crippen molar-refractivity contribution in [3.63, 3.8) is 0 Å². The molecule has 0 heterocycles. The molecule has 1 atom stereocenters. The van der Waals surface area contributed by atoms with Crippen LogP contribution in [0.2, 0.25) is 0 Å². The molecule has 1 aliphatic carbocycles. The van der Waals surface area contributed by atoms with Crippen LogP contribution in [0, 0.1) is 11.6 Å². The molecule has 0 spiro atoms. The lowest BCUT2D eigenvalue weighted by molar-refractivity contribution is 0.492. The number of benzene rings is 2. The van der Waals surface area contributed by atoms with Gasteiger partial charge in [0.25, 0.3) is 0 Å². The Morgan fingerprint density at radius 2 is 1.69 bits per heavy atom. The summed E-state index contributed by atoms with van der Waals surface area (Å²) in [6, 6.07) is 12.6. The van der Waals surface area contributed by atoms with Gasteiger partial charge >= 0.3 is 0 Å². The van der Waals surface area contributed by atoms with Crippen molar-refractivity contribution >= 4 is 5.57 Å². The minimum Gasteiger partial charge on any atom is -0.203 e. The number of unbranched alkanes of at least 4 members (excludes halogenated alkanes) is 5. The molecule has 1 unspecified atom stereocenters. The fraction of sp³-hybridized carbons (Fsp3) is 0.467. The fourth-order valence-electron chi connectivity index (χ4n) is 4.73. The second-order valence-corrected chi connectivity index (χ2v) is 9.19. The molecule has 0 saturated heterocycles. The average Bonchev–Trinajstić information content (AvgIpc) is 2.83. The van der Waals surface area contributed by atoms with Crippen LogP contribution in [-0.2, 0) is 12.8 Å². The zero-order chi connectivity index (χ0) is 22.8. The first kappa shape index (κ1) is 24.4. The summed E-state index contributed by atoms with van der Waals surface area (Å²) < 4.78 is 29.4. The van der Waals surface area contributed by atoms with Crippen LogP contribution in [0.15, 0.2) is 55.1 Å². The van der Waals surface area contributed by atoms with Gasteiger partial charge in [0.2, 0.25) is 0 Å². The van der Waals surface area contributed by atoms with Gasteiger partial charge in [-0.25, -0.2) is 8.78 Å². The summed E-state index contributed by atoms with van der Waals surface area (Å²) >= 11 is 0. The first-order valence-corrected chi connectivity index (χ1v) is 12.5. The van der Waals surface area contributed by atoms with Crippen LogP contribution in [0.4, 0.5) is 8.78 Å². The van der Waals surface area contributed by atoms with E-state index in [4.69, 9.17) is 0 Å². The summed E-state index contributed by atoms with van der Waals surface area (Å²) in [5, 5.41) is 0. The Bertz CT molecular complexity index is 892. The molecule has 0 saturated carbocycles. The number of hydrogen-bond donors (Lipinski definition) is 0. The van der Waals surface area contributed by atoms with Crippen molar-refractivity contribution in [1.29, 1.82) is 0 Å². The number of halogens is 2. The van der Waals surface area contributed by atoms with Gasteiger partial charge in [0.15, 0.2) is 11.6 Å². The lowest BCUT2D eigenvalue weighted by Crippen LogP contribution is -2.06. The molecule has 0 bridgehead atoms. The van der Waals surface area contributed by atoms with Crippen molar-refractivity contribution in [2.75, 3.05) is 0 Å². The highest BCUT2D eigenvalue weighted by atomic mass is 19.2. The van der Waals surface area contributed by atoms with E-state index < -0.39 is 11.6 Å². The van der Waals surface area contributed by atoms with Gasteiger partial charge in [0.1, 0.15) is 0 Å². The molecule has 2 aromatic carbocycles. The summed E-state index contributed by atoms with van der Waals surface area (Å²) in [5.41, 5.74) is 4.66. The highest BCUT2D eigenvalue weighted by Gasteiger charge is 2.21. The second-order valence-electron chi connectivity index (χ2n) is 9.19. The first-order chi connectivity index (χ1) is 15.6. The standard InChI is InChI=1S/C30H38F2/c1-3-5-7-9-11-23-13-15-24(16-14-23)25-17-19-26(20-18-25)28-22-21-27(29(31)30(28)32)12-10-8-6-4-2/h3,13-16,19,21-22,25H,1,4-12,17-18,20H2,2H3. The minimum absolute atomic E-state index is 0.452. The van der Waals surface area contributed by atoms with Crippen LogP contribution >= 0.6 is 0 Å². The van der Waals surface area contributed by atoms with Gasteiger partial charge in [-0.15, -0.1) is 6.58 Å². The monoisotopic (exact) mass is 436 g/mol. The van der Waals surface area contributed by atoms with Crippen LogP contribution in [-0.4, -0.2) is 0 Å². The van der Waals surface area contributed by atoms with Gasteiger partial charge in [-0.2, -0.15) is 0 Å². The van der Waals surface area contributed by atoms with Crippen LogP contribution < -0.4 is 0 Å². The molecule has 2 aromatic rings. The maximum Gasteiger partial charge on any atom is 0.166 e. The quantitative estimate of drug-likeness (QED) is 0.230. The lowest BCUT2D eigenvalue weighted by atomic mass is 9.82. The van der Waals surface area contributed by atoms with E-state index >= 15 is 0 Å². The zero-order valence-electron chi connectivity index (χ0n) is 19.6. The lowest BCUT2D eigenvalue weighted by Gasteiger charge is -2.23. The molecule has 0 aromatic heterocycles. The summed E-state index contributed by atoms with van der Waals surface area (Å²) in [6.07, 6.45) is 16.2. The van der Waals surface area contributed by atoms with Crippen molar-refractivity contribution < 1.29 is 8.78 Å². The predicted molar refractivity (Wildman–Crippen MR) is 133 cm³/mol. The van der Waals surface area contributed by atoms with Crippen molar-refractivity contribution in [2.45, 2.75) is 89.9 Å². The molecular weight excluding hydrogens is 398 g/mol. The topological polar surface area (TPSA) is 0 Å². The van der Waals surface area contributed by atoms with Crippen LogP contribution in [0.5, 0.6) is 0 Å². The third kappa shape index (κ3) is 6.64. The van der Waals surface area contributed by atoms with Crippen molar-refractivity contribution in [2.24, 2.45) is 0 Å². The van der Waals surface area contributed by atoms with E-state index in [0.717, 1.165) is 63.4 Å². The Hall–Kier alpha value is -2.22. The smallest absolute Gasteiger partial charge is 0.166 e. The highest BCUT2D eigenvalue weighted by Crippen LogP contribution is 2.37. The summed E-state index contributed by atoms with van der Waals surface area (Å²) in [4.78, 5) is 0. The SMILES string of the molecule is C=CCCCCc1ccc(C2CC=C(c3ccc(CCCCCC)c(F)c3F)CC2)cc1. The van der Waals surface area contributed by atoms with Gasteiger partial charge in [-0.3, -0.25) is 0 Å². The summed E-state index contributed by atoms with van der Waals surface area (Å²) in [7, 11) is 0. The molecule has 2 heteroatoms. The van der Waals surface area contributed by atoms with Gasteiger partial charge in [-0.05, 0) is 86.0 Å². The van der Waals surface area contributed by atoms with E-state index in [1.807, 2.05) is 6.08 Å². The molecule has 3 rings (SSSR count). The molecule has 0 radical (unpaired) electrons. The fourth-order valence-corrected chi connectivity index (χ4v) is 4.73. The van der Waals surface area contributed by atoms with E-state index in [-0.39, 0.29) is 0 Å². The Morgan fingerprint density at radius 1 is 0.906 bits per heavy atom. The zero-order valence-corrected chi connectivity index (χ0v) is 19.6. The molecule has 0 nitrogen and oxygen atoms in total. The average molecular weight is 437 g/mol. The van der Waals surface area contributed by atoms with Crippen LogP contribution in [0.3, 0.4) is 0 Å². The van der Waals surface area contributed by atoms with Crippen molar-refractivity contribution in [3.8, 4) is 0 Å². The van der Waals surface area contributed by atoms with E-state index in [1.165, 1.54) is 24.0 Å².